The first-order valence-electron chi connectivity index (χ1n) is 7.89. The van der Waals surface area contributed by atoms with Gasteiger partial charge in [-0.3, -0.25) is 0 Å². The first kappa shape index (κ1) is 15.9. The van der Waals surface area contributed by atoms with Gasteiger partial charge in [0.15, 0.2) is 0 Å². The average Bonchev–Trinajstić information content (AvgIpc) is 2.61. The minimum Gasteiger partial charge on any atom is -0.495 e. The van der Waals surface area contributed by atoms with Gasteiger partial charge in [0.1, 0.15) is 18.1 Å². The molecule has 0 fully saturated rings. The van der Waals surface area contributed by atoms with Gasteiger partial charge in [0.25, 0.3) is 0 Å². The van der Waals surface area contributed by atoms with E-state index in [1.165, 1.54) is 0 Å². The van der Waals surface area contributed by atoms with Crippen molar-refractivity contribution in [1.82, 2.24) is 0 Å². The van der Waals surface area contributed by atoms with Gasteiger partial charge in [-0.25, -0.2) is 0 Å². The Hall–Kier alpha value is -2.94. The summed E-state index contributed by atoms with van der Waals surface area (Å²) in [6.45, 7) is 2.57. The summed E-state index contributed by atoms with van der Waals surface area (Å²) in [5.74, 6) is 1.52. The molecule has 3 heteroatoms. The number of rotatable bonds is 5. The highest BCUT2D eigenvalue weighted by atomic mass is 16.5. The molecule has 0 radical (unpaired) electrons. The second-order valence-corrected chi connectivity index (χ2v) is 5.68. The zero-order valence-corrected chi connectivity index (χ0v) is 14.0. The Labute approximate surface area is 142 Å². The van der Waals surface area contributed by atoms with Gasteiger partial charge in [-0.1, -0.05) is 48.5 Å². The van der Waals surface area contributed by atoms with Crippen LogP contribution in [-0.4, -0.2) is 7.11 Å². The Balaban J connectivity index is 1.95. The van der Waals surface area contributed by atoms with Gasteiger partial charge in [0.2, 0.25) is 0 Å². The van der Waals surface area contributed by atoms with E-state index in [1.54, 1.807) is 7.11 Å². The topological polar surface area (TPSA) is 44.5 Å². The van der Waals surface area contributed by atoms with Crippen LogP contribution < -0.4 is 15.2 Å². The molecule has 0 unspecified atom stereocenters. The zero-order chi connectivity index (χ0) is 16.9. The number of benzene rings is 3. The van der Waals surface area contributed by atoms with Crippen LogP contribution in [0.3, 0.4) is 0 Å². The first-order valence-corrected chi connectivity index (χ1v) is 7.89. The van der Waals surface area contributed by atoms with Gasteiger partial charge in [-0.05, 0) is 41.8 Å². The van der Waals surface area contributed by atoms with E-state index in [0.29, 0.717) is 18.0 Å². The number of methoxy groups -OCH3 is 1. The van der Waals surface area contributed by atoms with E-state index < -0.39 is 0 Å². The highest BCUT2D eigenvalue weighted by Crippen LogP contribution is 2.37. The number of ether oxygens (including phenoxy) is 2. The molecule has 3 aromatic rings. The monoisotopic (exact) mass is 319 g/mol. The van der Waals surface area contributed by atoms with Crippen LogP contribution in [0.5, 0.6) is 11.5 Å². The molecule has 0 saturated heterocycles. The lowest BCUT2D eigenvalue weighted by molar-refractivity contribution is 0.307. The van der Waals surface area contributed by atoms with Crippen LogP contribution in [0.15, 0.2) is 66.7 Å². The molecule has 3 nitrogen and oxygen atoms in total. The van der Waals surface area contributed by atoms with Gasteiger partial charge in [0, 0.05) is 5.56 Å². The van der Waals surface area contributed by atoms with E-state index in [4.69, 9.17) is 15.2 Å². The number of nitrogen functional groups attached to an aromatic ring is 1. The van der Waals surface area contributed by atoms with Crippen molar-refractivity contribution >= 4 is 5.69 Å². The number of hydrogen-bond donors (Lipinski definition) is 1. The molecule has 0 aliphatic heterocycles. The van der Waals surface area contributed by atoms with E-state index >= 15 is 0 Å². The van der Waals surface area contributed by atoms with Crippen molar-refractivity contribution in [3.8, 4) is 22.6 Å². The number of nitrogens with two attached hydrogens (primary N) is 1. The molecule has 0 spiro atoms. The summed E-state index contributed by atoms with van der Waals surface area (Å²) in [7, 11) is 1.63. The molecule has 0 aromatic heterocycles. The van der Waals surface area contributed by atoms with Crippen molar-refractivity contribution in [1.29, 1.82) is 0 Å². The van der Waals surface area contributed by atoms with Gasteiger partial charge in [-0.15, -0.1) is 0 Å². The molecule has 0 heterocycles. The van der Waals surface area contributed by atoms with Crippen LogP contribution in [-0.2, 0) is 6.61 Å². The lowest BCUT2D eigenvalue weighted by Crippen LogP contribution is -1.99. The molecule has 0 amide bonds. The fraction of sp³-hybridized carbons (Fsp3) is 0.143. The lowest BCUT2D eigenvalue weighted by Gasteiger charge is -2.15. The number of aryl methyl sites for hydroxylation is 1. The first-order chi connectivity index (χ1) is 11.7. The van der Waals surface area contributed by atoms with Gasteiger partial charge in [-0.2, -0.15) is 0 Å². The summed E-state index contributed by atoms with van der Waals surface area (Å²) in [6, 6.07) is 22.1. The van der Waals surface area contributed by atoms with Gasteiger partial charge < -0.3 is 15.2 Å². The Kier molecular flexibility index (Phi) is 4.71. The van der Waals surface area contributed by atoms with Gasteiger partial charge >= 0.3 is 0 Å². The van der Waals surface area contributed by atoms with E-state index in [0.717, 1.165) is 28.0 Å². The summed E-state index contributed by atoms with van der Waals surface area (Å²) >= 11 is 0. The quantitative estimate of drug-likeness (QED) is 0.685. The highest BCUT2D eigenvalue weighted by molar-refractivity contribution is 5.77. The van der Waals surface area contributed by atoms with Crippen molar-refractivity contribution in [3.05, 3.63) is 77.9 Å². The standard InChI is InChI=1S/C21H21NO2/c1-15-12-19(22)21(23-2)13-18(15)17-10-6-7-11-20(17)24-14-16-8-4-3-5-9-16/h3-13H,14,22H2,1-2H3. The second-order valence-electron chi connectivity index (χ2n) is 5.68. The Bertz CT molecular complexity index is 828. The highest BCUT2D eigenvalue weighted by Gasteiger charge is 2.12. The molecule has 0 bridgehead atoms. The largest absolute Gasteiger partial charge is 0.495 e. The van der Waals surface area contributed by atoms with E-state index in [1.807, 2.05) is 55.5 Å². The molecule has 3 aromatic carbocycles. The fourth-order valence-corrected chi connectivity index (χ4v) is 2.73. The smallest absolute Gasteiger partial charge is 0.142 e. The maximum absolute atomic E-state index is 6.06. The molecule has 0 aliphatic carbocycles. The lowest BCUT2D eigenvalue weighted by atomic mass is 9.98. The summed E-state index contributed by atoms with van der Waals surface area (Å²) in [4.78, 5) is 0. The molecule has 2 N–H and O–H groups in total. The molecule has 0 saturated carbocycles. The third-order valence-electron chi connectivity index (χ3n) is 3.99. The van der Waals surface area contributed by atoms with Crippen molar-refractivity contribution in [2.75, 3.05) is 12.8 Å². The van der Waals surface area contributed by atoms with Crippen LogP contribution in [0.1, 0.15) is 11.1 Å². The number of anilines is 1. The van der Waals surface area contributed by atoms with Crippen LogP contribution >= 0.6 is 0 Å². The molecule has 122 valence electrons. The Morgan fingerprint density at radius 3 is 2.29 bits per heavy atom. The van der Waals surface area contributed by atoms with Crippen molar-refractivity contribution in [2.24, 2.45) is 0 Å². The second kappa shape index (κ2) is 7.09. The molecular formula is C21H21NO2. The zero-order valence-electron chi connectivity index (χ0n) is 14.0. The Morgan fingerprint density at radius 1 is 0.833 bits per heavy atom. The minimum absolute atomic E-state index is 0.531. The van der Waals surface area contributed by atoms with E-state index in [-0.39, 0.29) is 0 Å². The molecule has 0 atom stereocenters. The van der Waals surface area contributed by atoms with Crippen LogP contribution in [0.25, 0.3) is 11.1 Å². The number of hydrogen-bond acceptors (Lipinski definition) is 3. The van der Waals surface area contributed by atoms with Gasteiger partial charge in [0.05, 0.1) is 12.8 Å². The summed E-state index contributed by atoms with van der Waals surface area (Å²) in [5.41, 5.74) is 11.0. The molecular weight excluding hydrogens is 298 g/mol. The third kappa shape index (κ3) is 3.35. The van der Waals surface area contributed by atoms with Crippen LogP contribution in [0.4, 0.5) is 5.69 Å². The number of para-hydroxylation sites is 1. The minimum atomic E-state index is 0.531. The maximum atomic E-state index is 6.06. The molecule has 0 aliphatic rings. The van der Waals surface area contributed by atoms with Crippen LogP contribution in [0.2, 0.25) is 0 Å². The summed E-state index contributed by atoms with van der Waals surface area (Å²) in [6.07, 6.45) is 0. The summed E-state index contributed by atoms with van der Waals surface area (Å²) < 4.78 is 11.4. The molecule has 3 rings (SSSR count). The predicted octanol–water partition coefficient (Wildman–Crippen LogP) is 4.83. The van der Waals surface area contributed by atoms with E-state index in [9.17, 15) is 0 Å². The fourth-order valence-electron chi connectivity index (χ4n) is 2.73. The van der Waals surface area contributed by atoms with Crippen LogP contribution in [0, 0.1) is 6.92 Å². The van der Waals surface area contributed by atoms with E-state index in [2.05, 4.69) is 18.2 Å². The van der Waals surface area contributed by atoms with Crippen molar-refractivity contribution in [2.45, 2.75) is 13.5 Å². The van der Waals surface area contributed by atoms with Crippen molar-refractivity contribution < 1.29 is 9.47 Å². The maximum Gasteiger partial charge on any atom is 0.142 e. The SMILES string of the molecule is COc1cc(-c2ccccc2OCc2ccccc2)c(C)cc1N. The third-order valence-corrected chi connectivity index (χ3v) is 3.99. The predicted molar refractivity (Wildman–Crippen MR) is 98.4 cm³/mol. The Morgan fingerprint density at radius 2 is 1.54 bits per heavy atom. The molecule has 24 heavy (non-hydrogen) atoms. The summed E-state index contributed by atoms with van der Waals surface area (Å²) in [5, 5.41) is 0. The van der Waals surface area contributed by atoms with Crippen molar-refractivity contribution in [3.63, 3.8) is 0 Å². The normalized spacial score (nSPS) is 10.4. The average molecular weight is 319 g/mol.